The van der Waals surface area contributed by atoms with Crippen molar-refractivity contribution in [2.24, 2.45) is 0 Å². The first kappa shape index (κ1) is 12.9. The third kappa shape index (κ3) is 3.21. The van der Waals surface area contributed by atoms with Crippen LogP contribution in [0.4, 0.5) is 5.69 Å². The molecule has 96 valence electrons. The van der Waals surface area contributed by atoms with E-state index in [9.17, 15) is 4.79 Å². The zero-order chi connectivity index (χ0) is 13.7. The molecule has 0 radical (unpaired) electrons. The average molecular weight is 256 g/mol. The van der Waals surface area contributed by atoms with Crippen molar-refractivity contribution in [1.82, 2.24) is 5.16 Å². The number of anilines is 1. The lowest BCUT2D eigenvalue weighted by Crippen LogP contribution is -2.11. The third-order valence-electron chi connectivity index (χ3n) is 2.48. The van der Waals surface area contributed by atoms with Gasteiger partial charge >= 0.3 is 0 Å². The lowest BCUT2D eigenvalue weighted by Gasteiger charge is -2.04. The Morgan fingerprint density at radius 1 is 1.53 bits per heavy atom. The summed E-state index contributed by atoms with van der Waals surface area (Å²) in [5.74, 6) is 5.15. The van der Waals surface area contributed by atoms with Crippen LogP contribution in [0, 0.1) is 18.8 Å². The van der Waals surface area contributed by atoms with Gasteiger partial charge in [0.25, 0.3) is 5.91 Å². The molecule has 5 nitrogen and oxygen atoms in total. The van der Waals surface area contributed by atoms with Crippen molar-refractivity contribution in [3.63, 3.8) is 0 Å². The molecule has 0 aliphatic carbocycles. The van der Waals surface area contributed by atoms with Crippen LogP contribution >= 0.6 is 0 Å². The first-order valence-electron chi connectivity index (χ1n) is 5.62. The van der Waals surface area contributed by atoms with Gasteiger partial charge in [0.15, 0.2) is 0 Å². The highest BCUT2D eigenvalue weighted by Crippen LogP contribution is 2.12. The average Bonchev–Trinajstić information content (AvgIpc) is 2.90. The fraction of sp³-hybridized carbons (Fsp3) is 0.143. The summed E-state index contributed by atoms with van der Waals surface area (Å²) in [5.41, 5.74) is 2.69. The molecule has 0 fully saturated rings. The number of aliphatic hydroxyl groups excluding tert-OH is 1. The molecule has 0 bridgehead atoms. The minimum absolute atomic E-state index is 0.185. The quantitative estimate of drug-likeness (QED) is 0.800. The molecular formula is C14H12N2O3. The highest BCUT2D eigenvalue weighted by molar-refractivity contribution is 6.04. The summed E-state index contributed by atoms with van der Waals surface area (Å²) < 4.78 is 4.63. The number of rotatable bonds is 2. The van der Waals surface area contributed by atoms with Crippen LogP contribution in [-0.2, 0) is 0 Å². The summed E-state index contributed by atoms with van der Waals surface area (Å²) in [6.07, 6.45) is 2.78. The molecule has 5 heteroatoms. The molecule has 0 spiro atoms. The molecule has 19 heavy (non-hydrogen) atoms. The maximum Gasteiger partial charge on any atom is 0.255 e. The Bertz CT molecular complexity index is 636. The highest BCUT2D eigenvalue weighted by atomic mass is 16.5. The first-order chi connectivity index (χ1) is 9.20. The van der Waals surface area contributed by atoms with Crippen molar-refractivity contribution in [3.05, 3.63) is 47.3 Å². The van der Waals surface area contributed by atoms with Gasteiger partial charge in [0, 0.05) is 11.1 Å². The zero-order valence-electron chi connectivity index (χ0n) is 10.3. The van der Waals surface area contributed by atoms with Crippen molar-refractivity contribution in [2.75, 3.05) is 11.9 Å². The van der Waals surface area contributed by atoms with Gasteiger partial charge in [-0.3, -0.25) is 4.79 Å². The summed E-state index contributed by atoms with van der Waals surface area (Å²) in [5, 5.41) is 14.8. The van der Waals surface area contributed by atoms with Crippen LogP contribution in [0.1, 0.15) is 21.5 Å². The molecule has 0 aliphatic rings. The van der Waals surface area contributed by atoms with Gasteiger partial charge in [-0.15, -0.1) is 0 Å². The zero-order valence-corrected chi connectivity index (χ0v) is 10.3. The fourth-order valence-electron chi connectivity index (χ4n) is 1.55. The summed E-state index contributed by atoms with van der Waals surface area (Å²) in [6.45, 7) is 1.67. The maximum absolute atomic E-state index is 11.9. The van der Waals surface area contributed by atoms with E-state index in [1.165, 1.54) is 12.5 Å². The number of carbonyl (C=O) groups excluding carboxylic acids is 1. The van der Waals surface area contributed by atoms with Gasteiger partial charge in [0.2, 0.25) is 0 Å². The largest absolute Gasteiger partial charge is 0.384 e. The van der Waals surface area contributed by atoms with Gasteiger partial charge in [-0.2, -0.15) is 0 Å². The Balaban J connectivity index is 2.17. The second-order valence-corrected chi connectivity index (χ2v) is 3.86. The van der Waals surface area contributed by atoms with Gasteiger partial charge in [0.1, 0.15) is 18.6 Å². The Hall–Kier alpha value is -2.58. The van der Waals surface area contributed by atoms with E-state index < -0.39 is 0 Å². The van der Waals surface area contributed by atoms with E-state index >= 15 is 0 Å². The van der Waals surface area contributed by atoms with Gasteiger partial charge in [0.05, 0.1) is 6.20 Å². The molecule has 2 N–H and O–H groups in total. The second kappa shape index (κ2) is 5.85. The van der Waals surface area contributed by atoms with E-state index in [4.69, 9.17) is 5.11 Å². The number of aromatic nitrogens is 1. The first-order valence-corrected chi connectivity index (χ1v) is 5.62. The summed E-state index contributed by atoms with van der Waals surface area (Å²) >= 11 is 0. The third-order valence-corrected chi connectivity index (χ3v) is 2.48. The minimum atomic E-state index is -0.243. The molecule has 0 atom stereocenters. The molecule has 0 saturated carbocycles. The van der Waals surface area contributed by atoms with Crippen molar-refractivity contribution in [1.29, 1.82) is 0 Å². The van der Waals surface area contributed by atoms with Crippen LogP contribution in [0.15, 0.2) is 35.2 Å². The Labute approximate surface area is 110 Å². The Morgan fingerprint density at radius 3 is 3.00 bits per heavy atom. The normalized spacial score (nSPS) is 9.58. The number of aliphatic hydroxyl groups is 1. The number of nitrogens with one attached hydrogen (secondary N) is 1. The van der Waals surface area contributed by atoms with Gasteiger partial charge in [-0.25, -0.2) is 0 Å². The number of nitrogens with zero attached hydrogens (tertiary/aromatic N) is 1. The molecule has 1 aromatic carbocycles. The predicted molar refractivity (Wildman–Crippen MR) is 69.6 cm³/mol. The van der Waals surface area contributed by atoms with Crippen LogP contribution in [0.3, 0.4) is 0 Å². The lowest BCUT2D eigenvalue weighted by molar-refractivity contribution is 0.102. The molecule has 0 saturated heterocycles. The second-order valence-electron chi connectivity index (χ2n) is 3.86. The molecule has 2 aromatic rings. The maximum atomic E-state index is 11.9. The van der Waals surface area contributed by atoms with Gasteiger partial charge < -0.3 is 14.9 Å². The van der Waals surface area contributed by atoms with E-state index in [1.807, 2.05) is 6.92 Å². The van der Waals surface area contributed by atoms with Gasteiger partial charge in [-0.1, -0.05) is 17.0 Å². The molecule has 2 rings (SSSR count). The predicted octanol–water partition coefficient (Wildman–Crippen LogP) is 1.58. The van der Waals surface area contributed by atoms with Crippen LogP contribution in [0.2, 0.25) is 0 Å². The number of benzene rings is 1. The highest BCUT2D eigenvalue weighted by Gasteiger charge is 2.08. The Kier molecular flexibility index (Phi) is 3.96. The number of amides is 1. The summed E-state index contributed by atoms with van der Waals surface area (Å²) in [7, 11) is 0. The monoisotopic (exact) mass is 256 g/mol. The van der Waals surface area contributed by atoms with E-state index in [0.717, 1.165) is 11.1 Å². The van der Waals surface area contributed by atoms with E-state index in [1.54, 1.807) is 18.2 Å². The van der Waals surface area contributed by atoms with Crippen molar-refractivity contribution in [3.8, 4) is 11.8 Å². The van der Waals surface area contributed by atoms with Crippen molar-refractivity contribution >= 4 is 11.6 Å². The number of hydrogen-bond donors (Lipinski definition) is 2. The molecular weight excluding hydrogens is 244 g/mol. The number of hydrogen-bond acceptors (Lipinski definition) is 4. The number of aryl methyl sites for hydroxylation is 1. The standard InChI is InChI=1S/C14H12N2O3/c1-10-7-12(5-4-11(10)3-2-6-17)14(18)16-13-8-15-19-9-13/h4-5,7-9,17H,6H2,1H3,(H,16,18). The van der Waals surface area contributed by atoms with Gasteiger partial charge in [-0.05, 0) is 30.7 Å². The molecule has 1 heterocycles. The molecule has 1 aromatic heterocycles. The van der Waals surface area contributed by atoms with Crippen molar-refractivity contribution < 1.29 is 14.4 Å². The summed E-state index contributed by atoms with van der Waals surface area (Å²) in [4.78, 5) is 11.9. The van der Waals surface area contributed by atoms with Crippen molar-refractivity contribution in [2.45, 2.75) is 6.92 Å². The van der Waals surface area contributed by atoms with E-state index in [2.05, 4.69) is 26.8 Å². The van der Waals surface area contributed by atoms with Crippen LogP contribution < -0.4 is 5.32 Å². The smallest absolute Gasteiger partial charge is 0.255 e. The SMILES string of the molecule is Cc1cc(C(=O)Nc2cnoc2)ccc1C#CCO. The van der Waals surface area contributed by atoms with Crippen LogP contribution in [0.5, 0.6) is 0 Å². The lowest BCUT2D eigenvalue weighted by atomic mass is 10.0. The van der Waals surface area contributed by atoms with E-state index in [0.29, 0.717) is 11.3 Å². The van der Waals surface area contributed by atoms with Crippen LogP contribution in [0.25, 0.3) is 0 Å². The number of carbonyl (C=O) groups is 1. The minimum Gasteiger partial charge on any atom is -0.384 e. The topological polar surface area (TPSA) is 75.4 Å². The Morgan fingerprint density at radius 2 is 2.37 bits per heavy atom. The van der Waals surface area contributed by atoms with E-state index in [-0.39, 0.29) is 12.5 Å². The summed E-state index contributed by atoms with van der Waals surface area (Å²) in [6, 6.07) is 5.17. The molecule has 1 amide bonds. The fourth-order valence-corrected chi connectivity index (χ4v) is 1.55. The molecule has 0 aliphatic heterocycles. The van der Waals surface area contributed by atoms with Crippen LogP contribution in [-0.4, -0.2) is 22.8 Å². The molecule has 0 unspecified atom stereocenters.